The van der Waals surface area contributed by atoms with Crippen LogP contribution in [0.5, 0.6) is 0 Å². The second-order valence-electron chi connectivity index (χ2n) is 10.5. The summed E-state index contributed by atoms with van der Waals surface area (Å²) in [7, 11) is 0. The van der Waals surface area contributed by atoms with Crippen molar-refractivity contribution in [2.75, 3.05) is 0 Å². The molecule has 0 atom stereocenters. The van der Waals surface area contributed by atoms with Crippen LogP contribution in [0.3, 0.4) is 0 Å². The zero-order chi connectivity index (χ0) is 32.4. The molecule has 240 valence electrons. The molecule has 0 unspecified atom stereocenters. The van der Waals surface area contributed by atoms with E-state index in [1.165, 1.54) is 77.0 Å². The molecular weight excluding hydrogens is 528 g/mol. The van der Waals surface area contributed by atoms with Crippen LogP contribution in [-0.4, -0.2) is 0 Å². The van der Waals surface area contributed by atoms with Gasteiger partial charge in [-0.25, -0.2) is 0 Å². The summed E-state index contributed by atoms with van der Waals surface area (Å²) in [6.45, 7) is 16.0. The fraction of sp³-hybridized carbons (Fsp3) is 0.455. The number of hydrogen-bond donors (Lipinski definition) is 0. The Labute approximate surface area is 273 Å². The summed E-state index contributed by atoms with van der Waals surface area (Å²) in [5, 5.41) is 0. The molecule has 0 fully saturated rings. The normalized spacial score (nSPS) is 13.3. The van der Waals surface area contributed by atoms with Gasteiger partial charge in [-0.1, -0.05) is 152 Å². The molecule has 0 aliphatic heterocycles. The number of benzene rings is 4. The van der Waals surface area contributed by atoms with Gasteiger partial charge in [-0.3, -0.25) is 0 Å². The third-order valence-electron chi connectivity index (χ3n) is 8.04. The van der Waals surface area contributed by atoms with Crippen LogP contribution < -0.4 is 0 Å². The van der Waals surface area contributed by atoms with Crippen molar-refractivity contribution in [3.63, 3.8) is 0 Å². The third kappa shape index (κ3) is 13.3. The number of fused-ring (bicyclic) bond motifs is 4. The molecule has 8 rings (SSSR count). The molecule has 4 aliphatic carbocycles. The average Bonchev–Trinajstić information content (AvgIpc) is 3.96. The highest BCUT2D eigenvalue weighted by Crippen LogP contribution is 2.22. The molecule has 4 aromatic carbocycles. The molecule has 4 aliphatic rings. The predicted octanol–water partition coefficient (Wildman–Crippen LogP) is 12.8. The summed E-state index contributed by atoms with van der Waals surface area (Å²) in [6.07, 6.45) is 15.9. The van der Waals surface area contributed by atoms with Crippen LogP contribution in [0, 0.1) is 0 Å². The van der Waals surface area contributed by atoms with Gasteiger partial charge in [0.1, 0.15) is 0 Å². The molecule has 0 saturated heterocycles. The van der Waals surface area contributed by atoms with Gasteiger partial charge < -0.3 is 0 Å². The monoisotopic (exact) mass is 593 g/mol. The Kier molecular flexibility index (Phi) is 22.3. The standard InChI is InChI=1S/4C9H10.4C2H6/c4*1-2-5-9-7-3-6-8(9)4-1;4*1-2/h4*1-2,4-5H,3,6-7H2;4*1-2H3. The lowest BCUT2D eigenvalue weighted by Gasteiger charge is -1.93. The van der Waals surface area contributed by atoms with Crippen LogP contribution in [0.4, 0.5) is 0 Å². The highest BCUT2D eigenvalue weighted by molar-refractivity contribution is 5.32. The molecule has 0 amide bonds. The molecule has 4 aromatic rings. The summed E-state index contributed by atoms with van der Waals surface area (Å²) in [4.78, 5) is 0. The van der Waals surface area contributed by atoms with E-state index in [1.54, 1.807) is 44.5 Å². The molecule has 0 heterocycles. The van der Waals surface area contributed by atoms with Crippen LogP contribution in [0.15, 0.2) is 97.1 Å². The third-order valence-corrected chi connectivity index (χ3v) is 8.04. The van der Waals surface area contributed by atoms with Crippen molar-refractivity contribution in [3.05, 3.63) is 142 Å². The number of hydrogen-bond acceptors (Lipinski definition) is 0. The Morgan fingerprint density at radius 3 is 0.455 bits per heavy atom. The Bertz CT molecular complexity index is 958. The van der Waals surface area contributed by atoms with E-state index in [0.29, 0.717) is 0 Å². The lowest BCUT2D eigenvalue weighted by Crippen LogP contribution is -1.77. The second-order valence-corrected chi connectivity index (χ2v) is 10.5. The highest BCUT2D eigenvalue weighted by Gasteiger charge is 2.09. The van der Waals surface area contributed by atoms with Gasteiger partial charge in [0, 0.05) is 0 Å². The molecule has 0 radical (unpaired) electrons. The minimum atomic E-state index is 1.30. The summed E-state index contributed by atoms with van der Waals surface area (Å²) < 4.78 is 0. The van der Waals surface area contributed by atoms with Crippen molar-refractivity contribution >= 4 is 0 Å². The first-order valence-corrected chi connectivity index (χ1v) is 18.1. The maximum absolute atomic E-state index is 2.24. The fourth-order valence-corrected chi connectivity index (χ4v) is 6.06. The highest BCUT2D eigenvalue weighted by atomic mass is 14.1. The molecular formula is C44H64. The molecule has 0 saturated carbocycles. The van der Waals surface area contributed by atoms with Gasteiger partial charge in [0.2, 0.25) is 0 Å². The predicted molar refractivity (Wildman–Crippen MR) is 199 cm³/mol. The van der Waals surface area contributed by atoms with Gasteiger partial charge in [-0.05, 0) is 122 Å². The molecule has 0 N–H and O–H groups in total. The Morgan fingerprint density at radius 2 is 0.341 bits per heavy atom. The van der Waals surface area contributed by atoms with Gasteiger partial charge in [0.25, 0.3) is 0 Å². The van der Waals surface area contributed by atoms with Gasteiger partial charge in [0.05, 0.1) is 0 Å². The summed E-state index contributed by atoms with van der Waals surface area (Å²) >= 11 is 0. The second kappa shape index (κ2) is 25.2. The fourth-order valence-electron chi connectivity index (χ4n) is 6.06. The molecule has 0 heteroatoms. The topological polar surface area (TPSA) is 0 Å². The zero-order valence-electron chi connectivity index (χ0n) is 29.7. The van der Waals surface area contributed by atoms with E-state index in [2.05, 4.69) is 97.1 Å². The van der Waals surface area contributed by atoms with Crippen LogP contribution in [0.25, 0.3) is 0 Å². The van der Waals surface area contributed by atoms with Gasteiger partial charge in [-0.2, -0.15) is 0 Å². The SMILES string of the molecule is CC.CC.CC.CC.c1ccc2c(c1)CCC2.c1ccc2c(c1)CCC2.c1ccc2c(c1)CCC2.c1ccc2c(c1)CCC2. The first-order chi connectivity index (χ1) is 21.9. The smallest absolute Gasteiger partial charge is 0.0273 e. The van der Waals surface area contributed by atoms with Crippen LogP contribution >= 0.6 is 0 Å². The lowest BCUT2D eigenvalue weighted by molar-refractivity contribution is 0.912. The molecule has 44 heavy (non-hydrogen) atoms. The van der Waals surface area contributed by atoms with Crippen LogP contribution in [-0.2, 0) is 51.4 Å². The molecule has 0 bridgehead atoms. The van der Waals surface area contributed by atoms with Gasteiger partial charge in [0.15, 0.2) is 0 Å². The van der Waals surface area contributed by atoms with Gasteiger partial charge in [-0.15, -0.1) is 0 Å². The van der Waals surface area contributed by atoms with Crippen molar-refractivity contribution < 1.29 is 0 Å². The van der Waals surface area contributed by atoms with E-state index >= 15 is 0 Å². The zero-order valence-corrected chi connectivity index (χ0v) is 29.7. The van der Waals surface area contributed by atoms with Crippen LogP contribution in [0.2, 0.25) is 0 Å². The van der Waals surface area contributed by atoms with Crippen molar-refractivity contribution in [3.8, 4) is 0 Å². The summed E-state index contributed by atoms with van der Waals surface area (Å²) in [5.41, 5.74) is 12.5. The Morgan fingerprint density at radius 1 is 0.227 bits per heavy atom. The minimum Gasteiger partial charge on any atom is -0.0683 e. The molecule has 0 nitrogen and oxygen atoms in total. The van der Waals surface area contributed by atoms with Crippen molar-refractivity contribution in [1.82, 2.24) is 0 Å². The average molecular weight is 593 g/mol. The van der Waals surface area contributed by atoms with E-state index in [0.717, 1.165) is 0 Å². The van der Waals surface area contributed by atoms with E-state index < -0.39 is 0 Å². The quantitative estimate of drug-likeness (QED) is 0.190. The molecule has 0 aromatic heterocycles. The van der Waals surface area contributed by atoms with Gasteiger partial charge >= 0.3 is 0 Å². The summed E-state index contributed by atoms with van der Waals surface area (Å²) in [6, 6.07) is 34.9. The minimum absolute atomic E-state index is 1.30. The first-order valence-electron chi connectivity index (χ1n) is 18.1. The first kappa shape index (κ1) is 38.9. The van der Waals surface area contributed by atoms with E-state index in [4.69, 9.17) is 0 Å². The summed E-state index contributed by atoms with van der Waals surface area (Å²) in [5.74, 6) is 0. The Hall–Kier alpha value is -3.12. The number of aryl methyl sites for hydroxylation is 8. The van der Waals surface area contributed by atoms with Crippen LogP contribution in [0.1, 0.15) is 126 Å². The van der Waals surface area contributed by atoms with E-state index in [1.807, 2.05) is 55.4 Å². The van der Waals surface area contributed by atoms with E-state index in [9.17, 15) is 0 Å². The number of rotatable bonds is 0. The Balaban J connectivity index is 0.000000272. The maximum Gasteiger partial charge on any atom is -0.0273 e. The largest absolute Gasteiger partial charge is 0.0683 e. The maximum atomic E-state index is 2.24. The van der Waals surface area contributed by atoms with Crippen molar-refractivity contribution in [2.45, 2.75) is 132 Å². The van der Waals surface area contributed by atoms with Crippen molar-refractivity contribution in [1.29, 1.82) is 0 Å². The molecule has 0 spiro atoms. The van der Waals surface area contributed by atoms with Crippen molar-refractivity contribution in [2.24, 2.45) is 0 Å². The van der Waals surface area contributed by atoms with E-state index in [-0.39, 0.29) is 0 Å². The lowest BCUT2D eigenvalue weighted by atomic mass is 10.1.